The zero-order valence-corrected chi connectivity index (χ0v) is 9.99. The number of halogens is 3. The maximum absolute atomic E-state index is 12.3. The van der Waals surface area contributed by atoms with Crippen molar-refractivity contribution in [3.63, 3.8) is 0 Å². The molecule has 0 saturated carbocycles. The Labute approximate surface area is 96.8 Å². The number of thioether (sulfide) groups is 1. The van der Waals surface area contributed by atoms with E-state index >= 15 is 0 Å². The third-order valence-electron chi connectivity index (χ3n) is 2.16. The normalized spacial score (nSPS) is 15.8. The first-order valence-electron chi connectivity index (χ1n) is 4.84. The van der Waals surface area contributed by atoms with Crippen LogP contribution in [0.4, 0.5) is 13.2 Å². The molecule has 0 aromatic carbocycles. The Hall–Kier alpha value is -0.430. The number of carboxylic acid groups (broad SMARTS) is 1. The van der Waals surface area contributed by atoms with E-state index in [-0.39, 0.29) is 6.04 Å². The number of aliphatic carboxylic acids is 1. The first kappa shape index (κ1) is 15.6. The maximum Gasteiger partial charge on any atom is 0.403 e. The molecule has 0 aliphatic carbocycles. The second-order valence-corrected chi connectivity index (χ2v) is 4.31. The molecular formula is C9H16F3NO2S. The van der Waals surface area contributed by atoms with Gasteiger partial charge in [0.25, 0.3) is 0 Å². The fourth-order valence-corrected chi connectivity index (χ4v) is 1.91. The van der Waals surface area contributed by atoms with Gasteiger partial charge in [-0.3, -0.25) is 4.79 Å². The van der Waals surface area contributed by atoms with Gasteiger partial charge in [-0.05, 0) is 12.7 Å². The topological polar surface area (TPSA) is 49.3 Å². The molecule has 0 heterocycles. The minimum absolute atomic E-state index is 0.0841. The van der Waals surface area contributed by atoms with E-state index in [2.05, 4.69) is 5.32 Å². The van der Waals surface area contributed by atoms with E-state index < -0.39 is 24.6 Å². The maximum atomic E-state index is 12.3. The molecule has 0 aromatic rings. The fraction of sp³-hybridized carbons (Fsp3) is 0.889. The van der Waals surface area contributed by atoms with Crippen LogP contribution in [0.15, 0.2) is 0 Å². The van der Waals surface area contributed by atoms with Gasteiger partial charge in [0.2, 0.25) is 0 Å². The third-order valence-corrected chi connectivity index (χ3v) is 2.90. The van der Waals surface area contributed by atoms with Crippen molar-refractivity contribution in [3.8, 4) is 0 Å². The summed E-state index contributed by atoms with van der Waals surface area (Å²) >= 11 is 1.51. The smallest absolute Gasteiger partial charge is 0.403 e. The fourth-order valence-electron chi connectivity index (χ4n) is 1.15. The molecule has 0 spiro atoms. The summed E-state index contributed by atoms with van der Waals surface area (Å²) in [6.07, 6.45) is -2.18. The quantitative estimate of drug-likeness (QED) is 0.734. The van der Waals surface area contributed by atoms with Crippen LogP contribution in [0.25, 0.3) is 0 Å². The Morgan fingerprint density at radius 3 is 2.38 bits per heavy atom. The zero-order chi connectivity index (χ0) is 12.8. The van der Waals surface area contributed by atoms with Gasteiger partial charge in [0.1, 0.15) is 0 Å². The lowest BCUT2D eigenvalue weighted by atomic mass is 10.1. The molecule has 2 unspecified atom stereocenters. The van der Waals surface area contributed by atoms with E-state index in [1.54, 1.807) is 0 Å². The van der Waals surface area contributed by atoms with Gasteiger partial charge >= 0.3 is 12.1 Å². The highest BCUT2D eigenvalue weighted by atomic mass is 32.2. The molecule has 2 atom stereocenters. The largest absolute Gasteiger partial charge is 0.481 e. The SMILES string of the molecule is CCC(CSC)NCC(C(=O)O)C(F)(F)F. The lowest BCUT2D eigenvalue weighted by Gasteiger charge is -2.21. The van der Waals surface area contributed by atoms with E-state index in [0.717, 1.165) is 0 Å². The van der Waals surface area contributed by atoms with Crippen molar-refractivity contribution in [3.05, 3.63) is 0 Å². The summed E-state index contributed by atoms with van der Waals surface area (Å²) in [5, 5.41) is 11.1. The van der Waals surface area contributed by atoms with Gasteiger partial charge in [-0.1, -0.05) is 6.92 Å². The number of hydrogen-bond acceptors (Lipinski definition) is 3. The summed E-state index contributed by atoms with van der Waals surface area (Å²) in [5.41, 5.74) is 0. The van der Waals surface area contributed by atoms with Crippen LogP contribution < -0.4 is 5.32 Å². The van der Waals surface area contributed by atoms with Crippen molar-refractivity contribution < 1.29 is 23.1 Å². The van der Waals surface area contributed by atoms with E-state index in [9.17, 15) is 18.0 Å². The molecular weight excluding hydrogens is 243 g/mol. The Morgan fingerprint density at radius 1 is 1.50 bits per heavy atom. The number of rotatable bonds is 7. The average molecular weight is 259 g/mol. The molecule has 0 saturated heterocycles. The number of nitrogens with one attached hydrogen (secondary N) is 1. The van der Waals surface area contributed by atoms with Crippen molar-refractivity contribution in [2.75, 3.05) is 18.6 Å². The summed E-state index contributed by atoms with van der Waals surface area (Å²) in [4.78, 5) is 10.4. The van der Waals surface area contributed by atoms with Gasteiger partial charge in [-0.2, -0.15) is 24.9 Å². The Bertz CT molecular complexity index is 223. The number of alkyl halides is 3. The number of carboxylic acids is 1. The molecule has 2 N–H and O–H groups in total. The van der Waals surface area contributed by atoms with Gasteiger partial charge in [0.05, 0.1) is 0 Å². The van der Waals surface area contributed by atoms with Gasteiger partial charge < -0.3 is 10.4 Å². The highest BCUT2D eigenvalue weighted by Crippen LogP contribution is 2.26. The molecule has 3 nitrogen and oxygen atoms in total. The monoisotopic (exact) mass is 259 g/mol. The lowest BCUT2D eigenvalue weighted by molar-refractivity contribution is -0.192. The molecule has 0 amide bonds. The van der Waals surface area contributed by atoms with Crippen LogP contribution in [0.5, 0.6) is 0 Å². The molecule has 16 heavy (non-hydrogen) atoms. The van der Waals surface area contributed by atoms with Crippen LogP contribution >= 0.6 is 11.8 Å². The van der Waals surface area contributed by atoms with Crippen LogP contribution in [0.1, 0.15) is 13.3 Å². The van der Waals surface area contributed by atoms with Crippen LogP contribution in [-0.2, 0) is 4.79 Å². The predicted molar refractivity (Wildman–Crippen MR) is 57.6 cm³/mol. The second-order valence-electron chi connectivity index (χ2n) is 3.40. The van der Waals surface area contributed by atoms with Crippen molar-refractivity contribution in [1.29, 1.82) is 0 Å². The molecule has 0 aromatic heterocycles. The van der Waals surface area contributed by atoms with Crippen LogP contribution in [0.2, 0.25) is 0 Å². The minimum Gasteiger partial charge on any atom is -0.481 e. The van der Waals surface area contributed by atoms with E-state index in [0.29, 0.717) is 12.2 Å². The number of hydrogen-bond donors (Lipinski definition) is 2. The van der Waals surface area contributed by atoms with Crippen molar-refractivity contribution in [2.24, 2.45) is 5.92 Å². The lowest BCUT2D eigenvalue weighted by Crippen LogP contribution is -2.43. The summed E-state index contributed by atoms with van der Waals surface area (Å²) in [7, 11) is 0. The Kier molecular flexibility index (Phi) is 6.82. The summed E-state index contributed by atoms with van der Waals surface area (Å²) in [5.74, 6) is -3.50. The molecule has 0 fully saturated rings. The molecule has 0 bridgehead atoms. The second kappa shape index (κ2) is 7.01. The van der Waals surface area contributed by atoms with Crippen LogP contribution in [0, 0.1) is 5.92 Å². The van der Waals surface area contributed by atoms with Gasteiger partial charge in [0, 0.05) is 18.3 Å². The Morgan fingerprint density at radius 2 is 2.06 bits per heavy atom. The molecule has 0 aliphatic rings. The first-order valence-corrected chi connectivity index (χ1v) is 6.24. The van der Waals surface area contributed by atoms with Crippen molar-refractivity contribution in [1.82, 2.24) is 5.32 Å². The van der Waals surface area contributed by atoms with E-state index in [4.69, 9.17) is 5.11 Å². The van der Waals surface area contributed by atoms with Gasteiger partial charge in [0.15, 0.2) is 5.92 Å². The molecule has 7 heteroatoms. The van der Waals surface area contributed by atoms with Gasteiger partial charge in [-0.25, -0.2) is 0 Å². The number of carbonyl (C=O) groups is 1. The highest BCUT2D eigenvalue weighted by Gasteiger charge is 2.44. The molecule has 0 radical (unpaired) electrons. The highest BCUT2D eigenvalue weighted by molar-refractivity contribution is 7.98. The van der Waals surface area contributed by atoms with Crippen LogP contribution in [-0.4, -0.2) is 41.8 Å². The summed E-state index contributed by atoms with van der Waals surface area (Å²) in [6.45, 7) is 1.27. The van der Waals surface area contributed by atoms with Crippen molar-refractivity contribution in [2.45, 2.75) is 25.6 Å². The molecule has 96 valence electrons. The van der Waals surface area contributed by atoms with Crippen molar-refractivity contribution >= 4 is 17.7 Å². The minimum atomic E-state index is -4.70. The first-order chi connectivity index (χ1) is 7.32. The van der Waals surface area contributed by atoms with E-state index in [1.165, 1.54) is 11.8 Å². The summed E-state index contributed by atoms with van der Waals surface area (Å²) < 4.78 is 36.9. The zero-order valence-electron chi connectivity index (χ0n) is 9.17. The standard InChI is InChI=1S/C9H16F3NO2S/c1-3-6(5-16-2)13-4-7(8(14)15)9(10,11)12/h6-7,13H,3-5H2,1-2H3,(H,14,15). The molecule has 0 rings (SSSR count). The molecule has 0 aliphatic heterocycles. The van der Waals surface area contributed by atoms with E-state index in [1.807, 2.05) is 13.2 Å². The third kappa shape index (κ3) is 5.60. The van der Waals surface area contributed by atoms with Crippen LogP contribution in [0.3, 0.4) is 0 Å². The predicted octanol–water partition coefficient (Wildman–Crippen LogP) is 1.98. The van der Waals surface area contributed by atoms with Gasteiger partial charge in [-0.15, -0.1) is 0 Å². The average Bonchev–Trinajstić information content (AvgIpc) is 2.13. The summed E-state index contributed by atoms with van der Waals surface area (Å²) in [6, 6.07) is -0.0841. The Balaban J connectivity index is 4.26.